The molecule has 2 aromatic rings. The smallest absolute Gasteiger partial charge is 0.170 e. The Morgan fingerprint density at radius 2 is 2.00 bits per heavy atom. The molecule has 0 spiro atoms. The average molecular weight is 260 g/mol. The first kappa shape index (κ1) is 13.6. The quantitative estimate of drug-likeness (QED) is 0.743. The Morgan fingerprint density at radius 3 is 2.74 bits per heavy atom. The molecule has 0 unspecified atom stereocenters. The van der Waals surface area contributed by atoms with Gasteiger partial charge in [0, 0.05) is 0 Å². The lowest BCUT2D eigenvalue weighted by molar-refractivity contribution is 0.393. The van der Waals surface area contributed by atoms with Crippen molar-refractivity contribution in [2.45, 2.75) is 13.0 Å². The fourth-order valence-electron chi connectivity index (χ4n) is 1.81. The summed E-state index contributed by atoms with van der Waals surface area (Å²) < 4.78 is 1.76. The summed E-state index contributed by atoms with van der Waals surface area (Å²) in [7, 11) is 4.16. The minimum atomic E-state index is 0.676. The third-order valence-corrected chi connectivity index (χ3v) is 2.78. The molecule has 0 radical (unpaired) electrons. The second-order valence-corrected chi connectivity index (χ2v) is 4.68. The first-order chi connectivity index (χ1) is 9.27. The lowest BCUT2D eigenvalue weighted by Gasteiger charge is -2.09. The Morgan fingerprint density at radius 1 is 1.21 bits per heavy atom. The summed E-state index contributed by atoms with van der Waals surface area (Å²) in [4.78, 5) is 2.18. The second kappa shape index (κ2) is 6.96. The molecule has 1 aromatic heterocycles. The van der Waals surface area contributed by atoms with Gasteiger partial charge in [-0.3, -0.25) is 0 Å². The van der Waals surface area contributed by atoms with Gasteiger partial charge < -0.3 is 10.2 Å². The molecule has 0 saturated carbocycles. The zero-order chi connectivity index (χ0) is 13.5. The van der Waals surface area contributed by atoms with Gasteiger partial charge in [0.2, 0.25) is 0 Å². The highest BCUT2D eigenvalue weighted by molar-refractivity contribution is 5.30. The van der Waals surface area contributed by atoms with Crippen molar-refractivity contribution < 1.29 is 0 Å². The van der Waals surface area contributed by atoms with E-state index in [1.54, 1.807) is 4.68 Å². The summed E-state index contributed by atoms with van der Waals surface area (Å²) in [5.74, 6) is 0.830. The molecule has 0 saturated heterocycles. The Labute approximate surface area is 113 Å². The van der Waals surface area contributed by atoms with Gasteiger partial charge in [-0.1, -0.05) is 18.2 Å². The van der Waals surface area contributed by atoms with Crippen molar-refractivity contribution in [1.29, 1.82) is 0 Å². The number of benzene rings is 1. The summed E-state index contributed by atoms with van der Waals surface area (Å²) in [6.07, 6.45) is 1.11. The number of rotatable bonds is 7. The summed E-state index contributed by atoms with van der Waals surface area (Å²) in [6.45, 7) is 2.71. The number of hydrogen-bond donors (Lipinski definition) is 1. The number of nitrogens with one attached hydrogen (secondary N) is 1. The Balaban J connectivity index is 1.87. The molecule has 0 bridgehead atoms. The molecule has 0 fully saturated rings. The van der Waals surface area contributed by atoms with Gasteiger partial charge in [-0.05, 0) is 56.2 Å². The third-order valence-electron chi connectivity index (χ3n) is 2.78. The highest BCUT2D eigenvalue weighted by Gasteiger charge is 2.06. The number of aromatic nitrogens is 4. The van der Waals surface area contributed by atoms with E-state index >= 15 is 0 Å². The molecule has 6 nitrogen and oxygen atoms in total. The summed E-state index contributed by atoms with van der Waals surface area (Å²) in [5.41, 5.74) is 0.984. The van der Waals surface area contributed by atoms with Crippen LogP contribution in [0.2, 0.25) is 0 Å². The standard InChI is InChI=1S/C13H20N6/c1-18(2)10-6-9-14-11-13-15-16-17-19(13)12-7-4-3-5-8-12/h3-5,7-8,14H,6,9-11H2,1-2H3. The predicted octanol–water partition coefficient (Wildman–Crippen LogP) is 0.704. The van der Waals surface area contributed by atoms with E-state index in [1.807, 2.05) is 30.3 Å². The van der Waals surface area contributed by atoms with Gasteiger partial charge in [0.25, 0.3) is 0 Å². The van der Waals surface area contributed by atoms with Crippen LogP contribution in [-0.2, 0) is 6.54 Å². The third kappa shape index (κ3) is 4.11. The largest absolute Gasteiger partial charge is 0.310 e. The molecule has 0 aliphatic heterocycles. The van der Waals surface area contributed by atoms with E-state index in [1.165, 1.54) is 0 Å². The molecular formula is C13H20N6. The topological polar surface area (TPSA) is 58.9 Å². The SMILES string of the molecule is CN(C)CCCNCc1nnnn1-c1ccccc1. The molecule has 0 aliphatic rings. The highest BCUT2D eigenvalue weighted by Crippen LogP contribution is 2.06. The van der Waals surface area contributed by atoms with Crippen molar-refractivity contribution in [3.63, 3.8) is 0 Å². The van der Waals surface area contributed by atoms with Crippen molar-refractivity contribution in [2.24, 2.45) is 0 Å². The van der Waals surface area contributed by atoms with Crippen LogP contribution in [0.15, 0.2) is 30.3 Å². The van der Waals surface area contributed by atoms with Crippen LogP contribution in [0.4, 0.5) is 0 Å². The fraction of sp³-hybridized carbons (Fsp3) is 0.462. The molecule has 1 heterocycles. The predicted molar refractivity (Wildman–Crippen MR) is 74.0 cm³/mol. The van der Waals surface area contributed by atoms with Crippen molar-refractivity contribution in [3.8, 4) is 5.69 Å². The zero-order valence-corrected chi connectivity index (χ0v) is 11.5. The minimum Gasteiger partial charge on any atom is -0.310 e. The van der Waals surface area contributed by atoms with Crippen LogP contribution in [0.3, 0.4) is 0 Å². The van der Waals surface area contributed by atoms with Gasteiger partial charge in [-0.2, -0.15) is 4.68 Å². The summed E-state index contributed by atoms with van der Waals surface area (Å²) >= 11 is 0. The van der Waals surface area contributed by atoms with Gasteiger partial charge in [0.15, 0.2) is 5.82 Å². The molecular weight excluding hydrogens is 240 g/mol. The molecule has 0 amide bonds. The zero-order valence-electron chi connectivity index (χ0n) is 11.5. The maximum absolute atomic E-state index is 4.05. The van der Waals surface area contributed by atoms with E-state index in [9.17, 15) is 0 Å². The van der Waals surface area contributed by atoms with Crippen molar-refractivity contribution in [1.82, 2.24) is 30.4 Å². The molecule has 0 aliphatic carbocycles. The van der Waals surface area contributed by atoms with Crippen molar-refractivity contribution in [3.05, 3.63) is 36.2 Å². The minimum absolute atomic E-state index is 0.676. The van der Waals surface area contributed by atoms with Crippen molar-refractivity contribution in [2.75, 3.05) is 27.2 Å². The van der Waals surface area contributed by atoms with Crippen molar-refractivity contribution >= 4 is 0 Å². The molecule has 6 heteroatoms. The van der Waals surface area contributed by atoms with Crippen LogP contribution in [0.5, 0.6) is 0 Å². The second-order valence-electron chi connectivity index (χ2n) is 4.68. The molecule has 19 heavy (non-hydrogen) atoms. The van der Waals surface area contributed by atoms with Crippen LogP contribution in [-0.4, -0.2) is 52.3 Å². The van der Waals surface area contributed by atoms with E-state index in [0.29, 0.717) is 6.54 Å². The Kier molecular flexibility index (Phi) is 5.00. The number of tetrazole rings is 1. The van der Waals surface area contributed by atoms with Gasteiger partial charge in [-0.15, -0.1) is 5.10 Å². The van der Waals surface area contributed by atoms with E-state index in [-0.39, 0.29) is 0 Å². The Hall–Kier alpha value is -1.79. The van der Waals surface area contributed by atoms with Crippen LogP contribution in [0, 0.1) is 0 Å². The number of nitrogens with zero attached hydrogens (tertiary/aromatic N) is 5. The highest BCUT2D eigenvalue weighted by atomic mass is 15.5. The van der Waals surface area contributed by atoms with Gasteiger partial charge in [0.1, 0.15) is 0 Å². The van der Waals surface area contributed by atoms with Crippen LogP contribution < -0.4 is 5.32 Å². The molecule has 2 rings (SSSR count). The van der Waals surface area contributed by atoms with E-state index in [2.05, 4.69) is 39.8 Å². The molecule has 1 N–H and O–H groups in total. The lowest BCUT2D eigenvalue weighted by Crippen LogP contribution is -2.22. The first-order valence-corrected chi connectivity index (χ1v) is 6.45. The maximum Gasteiger partial charge on any atom is 0.170 e. The molecule has 102 valence electrons. The average Bonchev–Trinajstić information content (AvgIpc) is 2.87. The summed E-state index contributed by atoms with van der Waals surface area (Å²) in [6, 6.07) is 9.92. The number of para-hydroxylation sites is 1. The van der Waals surface area contributed by atoms with E-state index < -0.39 is 0 Å². The van der Waals surface area contributed by atoms with Gasteiger partial charge >= 0.3 is 0 Å². The van der Waals surface area contributed by atoms with Crippen LogP contribution >= 0.6 is 0 Å². The monoisotopic (exact) mass is 260 g/mol. The lowest BCUT2D eigenvalue weighted by atomic mass is 10.3. The summed E-state index contributed by atoms with van der Waals surface area (Å²) in [5, 5.41) is 15.2. The first-order valence-electron chi connectivity index (χ1n) is 6.45. The van der Waals surface area contributed by atoms with Gasteiger partial charge in [0.05, 0.1) is 12.2 Å². The van der Waals surface area contributed by atoms with E-state index in [0.717, 1.165) is 31.0 Å². The van der Waals surface area contributed by atoms with Crippen LogP contribution in [0.1, 0.15) is 12.2 Å². The van der Waals surface area contributed by atoms with Crippen LogP contribution in [0.25, 0.3) is 5.69 Å². The molecule has 1 aromatic carbocycles. The number of hydrogen-bond acceptors (Lipinski definition) is 5. The normalized spacial score (nSPS) is 11.1. The fourth-order valence-corrected chi connectivity index (χ4v) is 1.81. The van der Waals surface area contributed by atoms with Gasteiger partial charge in [-0.25, -0.2) is 0 Å². The maximum atomic E-state index is 4.05. The Bertz CT molecular complexity index is 479. The molecule has 0 atom stereocenters. The van der Waals surface area contributed by atoms with E-state index in [4.69, 9.17) is 0 Å².